The van der Waals surface area contributed by atoms with E-state index in [2.05, 4.69) is 24.2 Å². The minimum absolute atomic E-state index is 0.0753. The molecular weight excluding hydrogens is 362 g/mol. The Labute approximate surface area is 171 Å². The van der Waals surface area contributed by atoms with Gasteiger partial charge in [0.1, 0.15) is 0 Å². The van der Waals surface area contributed by atoms with Crippen molar-refractivity contribution in [3.8, 4) is 0 Å². The lowest BCUT2D eigenvalue weighted by molar-refractivity contribution is 0.0728. The van der Waals surface area contributed by atoms with E-state index in [-0.39, 0.29) is 5.91 Å². The van der Waals surface area contributed by atoms with E-state index >= 15 is 0 Å². The van der Waals surface area contributed by atoms with E-state index in [1.165, 1.54) is 16.8 Å². The maximum absolute atomic E-state index is 12.9. The van der Waals surface area contributed by atoms with Gasteiger partial charge < -0.3 is 9.64 Å². The summed E-state index contributed by atoms with van der Waals surface area (Å²) in [5.41, 5.74) is 7.57. The number of hydrogen-bond acceptors (Lipinski definition) is 3. The zero-order chi connectivity index (χ0) is 20.4. The first-order valence-electron chi connectivity index (χ1n) is 10.0. The SMILES string of the molecule is Cc1ccc(C(=O)N2CCc3c(c(COCc4ccccc4C)nn3C)C2)cc1. The highest BCUT2D eigenvalue weighted by Gasteiger charge is 2.27. The first-order chi connectivity index (χ1) is 14.0. The molecule has 5 nitrogen and oxygen atoms in total. The van der Waals surface area contributed by atoms with Gasteiger partial charge in [-0.2, -0.15) is 5.10 Å². The van der Waals surface area contributed by atoms with Gasteiger partial charge in [0.05, 0.1) is 18.9 Å². The van der Waals surface area contributed by atoms with E-state index in [4.69, 9.17) is 4.74 Å². The van der Waals surface area contributed by atoms with Gasteiger partial charge in [-0.05, 0) is 37.1 Å². The summed E-state index contributed by atoms with van der Waals surface area (Å²) in [6.07, 6.45) is 0.814. The molecule has 0 bridgehead atoms. The van der Waals surface area contributed by atoms with E-state index in [1.54, 1.807) is 0 Å². The molecule has 0 fully saturated rings. The lowest BCUT2D eigenvalue weighted by Crippen LogP contribution is -2.36. The first kappa shape index (κ1) is 19.4. The molecule has 0 aliphatic carbocycles. The quantitative estimate of drug-likeness (QED) is 0.664. The molecule has 1 aliphatic rings. The van der Waals surface area contributed by atoms with Crippen LogP contribution in [0.25, 0.3) is 0 Å². The van der Waals surface area contributed by atoms with Crippen LogP contribution in [0.2, 0.25) is 0 Å². The molecule has 2 heterocycles. The Morgan fingerprint density at radius 2 is 1.83 bits per heavy atom. The van der Waals surface area contributed by atoms with Crippen LogP contribution >= 0.6 is 0 Å². The molecule has 1 aliphatic heterocycles. The third-order valence-corrected chi connectivity index (χ3v) is 5.67. The van der Waals surface area contributed by atoms with E-state index in [0.29, 0.717) is 26.3 Å². The third kappa shape index (κ3) is 4.10. The van der Waals surface area contributed by atoms with Crippen LogP contribution in [0.5, 0.6) is 0 Å². The number of aryl methyl sites for hydroxylation is 3. The molecule has 4 rings (SSSR count). The standard InChI is InChI=1S/C24H27N3O2/c1-17-8-10-19(11-9-17)24(28)27-13-12-23-21(14-27)22(25-26(23)3)16-29-15-20-7-5-4-6-18(20)2/h4-11H,12-16H2,1-3H3. The number of nitrogens with zero attached hydrogens (tertiary/aromatic N) is 3. The summed E-state index contributed by atoms with van der Waals surface area (Å²) in [5, 5.41) is 4.68. The van der Waals surface area contributed by atoms with Crippen LogP contribution in [0.1, 0.15) is 44.0 Å². The molecule has 1 aromatic heterocycles. The fourth-order valence-corrected chi connectivity index (χ4v) is 3.87. The molecule has 1 amide bonds. The van der Waals surface area contributed by atoms with Crippen molar-refractivity contribution in [1.29, 1.82) is 0 Å². The summed E-state index contributed by atoms with van der Waals surface area (Å²) in [5.74, 6) is 0.0753. The van der Waals surface area contributed by atoms with Gasteiger partial charge in [0.15, 0.2) is 0 Å². The molecule has 0 radical (unpaired) electrons. The van der Waals surface area contributed by atoms with Crippen LogP contribution in [0.3, 0.4) is 0 Å². The Kier molecular flexibility index (Phi) is 5.49. The number of ether oxygens (including phenoxy) is 1. The number of carbonyl (C=O) groups is 1. The number of fused-ring (bicyclic) bond motifs is 1. The summed E-state index contributed by atoms with van der Waals surface area (Å²) >= 11 is 0. The second kappa shape index (κ2) is 8.21. The van der Waals surface area contributed by atoms with E-state index < -0.39 is 0 Å². The van der Waals surface area contributed by atoms with E-state index in [9.17, 15) is 4.79 Å². The minimum atomic E-state index is 0.0753. The zero-order valence-corrected chi connectivity index (χ0v) is 17.3. The average molecular weight is 389 g/mol. The third-order valence-electron chi connectivity index (χ3n) is 5.67. The monoisotopic (exact) mass is 389 g/mol. The maximum Gasteiger partial charge on any atom is 0.254 e. The summed E-state index contributed by atoms with van der Waals surface area (Å²) in [4.78, 5) is 14.9. The molecule has 0 atom stereocenters. The Morgan fingerprint density at radius 1 is 1.07 bits per heavy atom. The predicted molar refractivity (Wildman–Crippen MR) is 113 cm³/mol. The summed E-state index contributed by atoms with van der Waals surface area (Å²) in [6, 6.07) is 16.0. The van der Waals surface area contributed by atoms with Crippen LogP contribution < -0.4 is 0 Å². The summed E-state index contributed by atoms with van der Waals surface area (Å²) < 4.78 is 7.92. The van der Waals surface area contributed by atoms with E-state index in [1.807, 2.05) is 60.0 Å². The summed E-state index contributed by atoms with van der Waals surface area (Å²) in [7, 11) is 1.97. The topological polar surface area (TPSA) is 47.4 Å². The Bertz CT molecular complexity index is 1020. The van der Waals surface area contributed by atoms with Crippen molar-refractivity contribution in [3.05, 3.63) is 87.7 Å². The van der Waals surface area contributed by atoms with Gasteiger partial charge in [-0.1, -0.05) is 42.0 Å². The van der Waals surface area contributed by atoms with Crippen molar-refractivity contribution in [2.24, 2.45) is 7.05 Å². The van der Waals surface area contributed by atoms with Gasteiger partial charge in [-0.15, -0.1) is 0 Å². The largest absolute Gasteiger partial charge is 0.370 e. The number of amides is 1. The molecule has 5 heteroatoms. The first-order valence-corrected chi connectivity index (χ1v) is 10.0. The van der Waals surface area contributed by atoms with Gasteiger partial charge >= 0.3 is 0 Å². The lowest BCUT2D eigenvalue weighted by Gasteiger charge is -2.28. The van der Waals surface area contributed by atoms with Crippen molar-refractivity contribution in [3.63, 3.8) is 0 Å². The minimum Gasteiger partial charge on any atom is -0.370 e. The van der Waals surface area contributed by atoms with Gasteiger partial charge in [0.25, 0.3) is 5.91 Å². The molecule has 0 saturated heterocycles. The van der Waals surface area contributed by atoms with Crippen molar-refractivity contribution < 1.29 is 9.53 Å². The number of hydrogen-bond donors (Lipinski definition) is 0. The maximum atomic E-state index is 12.9. The van der Waals surface area contributed by atoms with Crippen LogP contribution in [0.4, 0.5) is 0 Å². The number of rotatable bonds is 5. The molecule has 3 aromatic rings. The molecule has 0 spiro atoms. The fraction of sp³-hybridized carbons (Fsp3) is 0.333. The fourth-order valence-electron chi connectivity index (χ4n) is 3.87. The Hall–Kier alpha value is -2.92. The Morgan fingerprint density at radius 3 is 2.59 bits per heavy atom. The molecule has 0 N–H and O–H groups in total. The van der Waals surface area contributed by atoms with Crippen molar-refractivity contribution >= 4 is 5.91 Å². The molecular formula is C24H27N3O2. The molecule has 0 unspecified atom stereocenters. The second-order valence-electron chi connectivity index (χ2n) is 7.76. The molecule has 150 valence electrons. The van der Waals surface area contributed by atoms with Crippen LogP contribution in [-0.2, 0) is 38.0 Å². The van der Waals surface area contributed by atoms with Crippen LogP contribution in [0.15, 0.2) is 48.5 Å². The van der Waals surface area contributed by atoms with Crippen LogP contribution in [-0.4, -0.2) is 27.1 Å². The van der Waals surface area contributed by atoms with Crippen molar-refractivity contribution in [1.82, 2.24) is 14.7 Å². The van der Waals surface area contributed by atoms with Crippen molar-refractivity contribution in [2.75, 3.05) is 6.54 Å². The predicted octanol–water partition coefficient (Wildman–Crippen LogP) is 3.95. The van der Waals surface area contributed by atoms with Gasteiger partial charge in [-0.3, -0.25) is 9.48 Å². The number of aromatic nitrogens is 2. The normalized spacial score (nSPS) is 13.4. The molecule has 29 heavy (non-hydrogen) atoms. The molecule has 0 saturated carbocycles. The van der Waals surface area contributed by atoms with Crippen LogP contribution in [0, 0.1) is 13.8 Å². The summed E-state index contributed by atoms with van der Waals surface area (Å²) in [6.45, 7) is 6.42. The lowest BCUT2D eigenvalue weighted by atomic mass is 10.0. The highest BCUT2D eigenvalue weighted by Crippen LogP contribution is 2.24. The average Bonchev–Trinajstić information content (AvgIpc) is 3.04. The highest BCUT2D eigenvalue weighted by atomic mass is 16.5. The van der Waals surface area contributed by atoms with Gasteiger partial charge in [0, 0.05) is 43.4 Å². The highest BCUT2D eigenvalue weighted by molar-refractivity contribution is 5.94. The van der Waals surface area contributed by atoms with Crippen molar-refractivity contribution in [2.45, 2.75) is 40.0 Å². The second-order valence-corrected chi connectivity index (χ2v) is 7.76. The van der Waals surface area contributed by atoms with Gasteiger partial charge in [-0.25, -0.2) is 0 Å². The van der Waals surface area contributed by atoms with Gasteiger partial charge in [0.2, 0.25) is 0 Å². The smallest absolute Gasteiger partial charge is 0.254 e. The number of carbonyl (C=O) groups excluding carboxylic acids is 1. The zero-order valence-electron chi connectivity index (χ0n) is 17.3. The Balaban J connectivity index is 1.46. The number of benzene rings is 2. The van der Waals surface area contributed by atoms with E-state index in [0.717, 1.165) is 28.8 Å². The molecule has 2 aromatic carbocycles.